The molecule has 144 valence electrons. The Hall–Kier alpha value is -1.66. The minimum absolute atomic E-state index is 0.0267. The van der Waals surface area contributed by atoms with Crippen molar-refractivity contribution in [1.82, 2.24) is 15.4 Å². The molecular weight excluding hydrogens is 330 g/mol. The number of allylic oxidation sites excluding steroid dienone is 1. The number of likely N-dealkylation sites (tertiary alicyclic amines) is 1. The van der Waals surface area contributed by atoms with Gasteiger partial charge in [-0.25, -0.2) is 0 Å². The number of amides is 1. The number of piperidine rings is 1. The molecule has 0 radical (unpaired) electrons. The molecule has 6 heteroatoms. The number of carbonyl (C=O) groups is 1. The van der Waals surface area contributed by atoms with Gasteiger partial charge in [0.15, 0.2) is 0 Å². The van der Waals surface area contributed by atoms with Crippen LogP contribution in [0.2, 0.25) is 0 Å². The fourth-order valence-corrected chi connectivity index (χ4v) is 3.81. The van der Waals surface area contributed by atoms with Crippen molar-refractivity contribution in [3.63, 3.8) is 0 Å². The molecule has 2 aliphatic heterocycles. The van der Waals surface area contributed by atoms with Crippen LogP contribution in [-0.2, 0) is 16.0 Å². The van der Waals surface area contributed by atoms with Gasteiger partial charge >= 0.3 is 0 Å². The van der Waals surface area contributed by atoms with E-state index < -0.39 is 0 Å². The Bertz CT molecular complexity index is 640. The van der Waals surface area contributed by atoms with Gasteiger partial charge in [0.2, 0.25) is 5.91 Å². The van der Waals surface area contributed by atoms with Crippen LogP contribution in [0.15, 0.2) is 22.2 Å². The van der Waals surface area contributed by atoms with E-state index >= 15 is 0 Å². The van der Waals surface area contributed by atoms with Crippen LogP contribution in [0.1, 0.15) is 51.0 Å². The molecule has 0 aliphatic carbocycles. The van der Waals surface area contributed by atoms with Gasteiger partial charge in [-0.3, -0.25) is 9.69 Å². The van der Waals surface area contributed by atoms with Crippen molar-refractivity contribution >= 4 is 5.91 Å². The molecule has 1 spiro atoms. The second-order valence-corrected chi connectivity index (χ2v) is 7.96. The molecule has 1 aromatic rings. The predicted molar refractivity (Wildman–Crippen MR) is 99.9 cm³/mol. The lowest BCUT2D eigenvalue weighted by Crippen LogP contribution is -2.45. The second kappa shape index (κ2) is 8.35. The van der Waals surface area contributed by atoms with Gasteiger partial charge in [0, 0.05) is 32.2 Å². The number of hydrogen-bond acceptors (Lipinski definition) is 5. The smallest absolute Gasteiger partial charge is 0.227 e. The Kier molecular flexibility index (Phi) is 6.14. The van der Waals surface area contributed by atoms with Gasteiger partial charge in [-0.2, -0.15) is 0 Å². The lowest BCUT2D eigenvalue weighted by Gasteiger charge is -2.39. The maximum atomic E-state index is 12.0. The van der Waals surface area contributed by atoms with E-state index in [9.17, 15) is 4.79 Å². The summed E-state index contributed by atoms with van der Waals surface area (Å²) in [5.41, 5.74) is 2.20. The molecule has 1 atom stereocenters. The largest absolute Gasteiger partial charge is 0.370 e. The van der Waals surface area contributed by atoms with Gasteiger partial charge in [0.25, 0.3) is 0 Å². The van der Waals surface area contributed by atoms with Crippen molar-refractivity contribution in [2.24, 2.45) is 0 Å². The van der Waals surface area contributed by atoms with Crippen LogP contribution >= 0.6 is 0 Å². The monoisotopic (exact) mass is 361 g/mol. The van der Waals surface area contributed by atoms with Gasteiger partial charge < -0.3 is 14.6 Å². The zero-order valence-electron chi connectivity index (χ0n) is 16.2. The van der Waals surface area contributed by atoms with Crippen molar-refractivity contribution in [2.75, 3.05) is 26.2 Å². The Balaban J connectivity index is 1.39. The normalized spacial score (nSPS) is 22.5. The molecule has 2 aliphatic rings. The molecule has 0 bridgehead atoms. The van der Waals surface area contributed by atoms with Gasteiger partial charge in [-0.1, -0.05) is 16.8 Å². The molecule has 6 nitrogen and oxygen atoms in total. The maximum Gasteiger partial charge on any atom is 0.227 e. The Labute approximate surface area is 155 Å². The number of nitrogens with one attached hydrogen (secondary N) is 1. The predicted octanol–water partition coefficient (Wildman–Crippen LogP) is 2.62. The van der Waals surface area contributed by atoms with E-state index in [0.717, 1.165) is 51.0 Å². The molecule has 26 heavy (non-hydrogen) atoms. The number of ether oxygens (including phenoxy) is 1. The Morgan fingerprint density at radius 3 is 2.81 bits per heavy atom. The number of carbonyl (C=O) groups excluding carboxylic acids is 1. The third-order valence-electron chi connectivity index (χ3n) is 5.40. The molecule has 0 saturated carbocycles. The standard InChI is InChI=1S/C20H31N3O3/c1-15(2)5-9-23-10-7-20(8-11-23)6-4-17(25-20)14-21-19(24)13-18-12-16(3)22-26-18/h5,12,17H,4,6-11,13-14H2,1-3H3,(H,21,24)/t17-/m1/s1. The number of aryl methyl sites for hydroxylation is 1. The van der Waals surface area contributed by atoms with Crippen LogP contribution in [0.4, 0.5) is 0 Å². The second-order valence-electron chi connectivity index (χ2n) is 7.96. The SMILES string of the molecule is CC(C)=CCN1CCC2(CC[C@H](CNC(=O)Cc3cc(C)no3)O2)CC1. The molecule has 0 unspecified atom stereocenters. The van der Waals surface area contributed by atoms with E-state index in [1.54, 1.807) is 6.07 Å². The average Bonchev–Trinajstić information content (AvgIpc) is 3.19. The summed E-state index contributed by atoms with van der Waals surface area (Å²) in [6.07, 6.45) is 6.96. The minimum Gasteiger partial charge on any atom is -0.370 e. The number of aromatic nitrogens is 1. The van der Waals surface area contributed by atoms with Crippen LogP contribution in [-0.4, -0.2) is 53.8 Å². The third-order valence-corrected chi connectivity index (χ3v) is 5.40. The van der Waals surface area contributed by atoms with E-state index in [1.807, 2.05) is 6.92 Å². The topological polar surface area (TPSA) is 67.6 Å². The quantitative estimate of drug-likeness (QED) is 0.789. The molecular formula is C20H31N3O3. The lowest BCUT2D eigenvalue weighted by molar-refractivity contribution is -0.122. The zero-order chi connectivity index (χ0) is 18.6. The van der Waals surface area contributed by atoms with Crippen LogP contribution in [0, 0.1) is 6.92 Å². The summed E-state index contributed by atoms with van der Waals surface area (Å²) in [5.74, 6) is 0.565. The van der Waals surface area contributed by atoms with Crippen molar-refractivity contribution < 1.29 is 14.1 Å². The third kappa shape index (κ3) is 5.17. The fraction of sp³-hybridized carbons (Fsp3) is 0.700. The van der Waals surface area contributed by atoms with E-state index in [1.165, 1.54) is 5.57 Å². The Morgan fingerprint density at radius 2 is 2.15 bits per heavy atom. The summed E-state index contributed by atoms with van der Waals surface area (Å²) in [4.78, 5) is 14.5. The first-order valence-electron chi connectivity index (χ1n) is 9.67. The van der Waals surface area contributed by atoms with Gasteiger partial charge in [0.1, 0.15) is 5.76 Å². The molecule has 1 N–H and O–H groups in total. The zero-order valence-corrected chi connectivity index (χ0v) is 16.2. The van der Waals surface area contributed by atoms with Crippen LogP contribution in [0.5, 0.6) is 0 Å². The van der Waals surface area contributed by atoms with Crippen LogP contribution < -0.4 is 5.32 Å². The van der Waals surface area contributed by atoms with E-state index in [-0.39, 0.29) is 24.0 Å². The van der Waals surface area contributed by atoms with E-state index in [4.69, 9.17) is 9.26 Å². The molecule has 0 aromatic carbocycles. The Morgan fingerprint density at radius 1 is 1.38 bits per heavy atom. The van der Waals surface area contributed by atoms with Crippen molar-refractivity contribution in [1.29, 1.82) is 0 Å². The number of rotatable bonds is 6. The van der Waals surface area contributed by atoms with Crippen molar-refractivity contribution in [3.05, 3.63) is 29.2 Å². The molecule has 1 aromatic heterocycles. The van der Waals surface area contributed by atoms with Crippen LogP contribution in [0.25, 0.3) is 0 Å². The molecule has 2 saturated heterocycles. The highest BCUT2D eigenvalue weighted by atomic mass is 16.5. The highest BCUT2D eigenvalue weighted by molar-refractivity contribution is 5.77. The highest BCUT2D eigenvalue weighted by Gasteiger charge is 2.42. The maximum absolute atomic E-state index is 12.0. The van der Waals surface area contributed by atoms with Gasteiger partial charge in [0.05, 0.1) is 23.8 Å². The molecule has 3 rings (SSSR count). The minimum atomic E-state index is -0.0396. The molecule has 1 amide bonds. The number of nitrogens with zero attached hydrogens (tertiary/aromatic N) is 2. The summed E-state index contributed by atoms with van der Waals surface area (Å²) < 4.78 is 11.5. The summed E-state index contributed by atoms with van der Waals surface area (Å²) in [6.45, 7) is 9.94. The van der Waals surface area contributed by atoms with Gasteiger partial charge in [-0.05, 0) is 46.5 Å². The van der Waals surface area contributed by atoms with Gasteiger partial charge in [-0.15, -0.1) is 0 Å². The lowest BCUT2D eigenvalue weighted by atomic mass is 9.88. The summed E-state index contributed by atoms with van der Waals surface area (Å²) >= 11 is 0. The first kappa shape index (κ1) is 19.1. The van der Waals surface area contributed by atoms with Crippen molar-refractivity contribution in [2.45, 2.75) is 64.6 Å². The fourth-order valence-electron chi connectivity index (χ4n) is 3.81. The molecule has 3 heterocycles. The highest BCUT2D eigenvalue weighted by Crippen LogP contribution is 2.38. The van der Waals surface area contributed by atoms with Crippen molar-refractivity contribution in [3.8, 4) is 0 Å². The summed E-state index contributed by atoms with van der Waals surface area (Å²) in [5, 5.41) is 6.78. The summed E-state index contributed by atoms with van der Waals surface area (Å²) in [6, 6.07) is 1.80. The summed E-state index contributed by atoms with van der Waals surface area (Å²) in [7, 11) is 0. The van der Waals surface area contributed by atoms with E-state index in [2.05, 4.69) is 35.3 Å². The van der Waals surface area contributed by atoms with E-state index in [0.29, 0.717) is 12.3 Å². The first-order chi connectivity index (χ1) is 12.4. The molecule has 2 fully saturated rings. The first-order valence-corrected chi connectivity index (χ1v) is 9.67. The average molecular weight is 361 g/mol. The number of hydrogen-bond donors (Lipinski definition) is 1. The van der Waals surface area contributed by atoms with Crippen LogP contribution in [0.3, 0.4) is 0 Å².